The zero-order valence-corrected chi connectivity index (χ0v) is 6.30. The van der Waals surface area contributed by atoms with E-state index in [1.165, 1.54) is 12.1 Å². The minimum atomic E-state index is -1.56. The van der Waals surface area contributed by atoms with Gasteiger partial charge in [-0.3, -0.25) is 0 Å². The Kier molecular flexibility index (Phi) is 1.53. The maximum Gasteiger partial charge on any atom is 0.157 e. The number of halogens is 2. The standard InChI is InChI=1S/C9H8F2O/c10-8-3-5-1-2-6(12)4-7(5)9(8)11/h1-2,4,8-9,12H,3H2. The molecular formula is C9H8F2O. The number of alkyl halides is 2. The van der Waals surface area contributed by atoms with E-state index < -0.39 is 12.3 Å². The molecule has 0 aliphatic heterocycles. The van der Waals surface area contributed by atoms with E-state index >= 15 is 0 Å². The molecule has 0 amide bonds. The first-order valence-corrected chi connectivity index (χ1v) is 3.78. The summed E-state index contributed by atoms with van der Waals surface area (Å²) < 4.78 is 25.8. The molecule has 0 saturated heterocycles. The zero-order chi connectivity index (χ0) is 8.72. The van der Waals surface area contributed by atoms with Crippen LogP contribution in [0.25, 0.3) is 0 Å². The normalized spacial score (nSPS) is 27.2. The highest BCUT2D eigenvalue weighted by atomic mass is 19.2. The predicted octanol–water partition coefficient (Wildman–Crippen LogP) is 2.30. The van der Waals surface area contributed by atoms with Crippen LogP contribution in [0.5, 0.6) is 5.75 Å². The van der Waals surface area contributed by atoms with Crippen LogP contribution in [0.3, 0.4) is 0 Å². The van der Waals surface area contributed by atoms with Crippen LogP contribution >= 0.6 is 0 Å². The van der Waals surface area contributed by atoms with Crippen LogP contribution in [-0.2, 0) is 6.42 Å². The quantitative estimate of drug-likeness (QED) is 0.633. The van der Waals surface area contributed by atoms with Crippen LogP contribution in [-0.4, -0.2) is 11.3 Å². The van der Waals surface area contributed by atoms with Crippen molar-refractivity contribution in [1.29, 1.82) is 0 Å². The smallest absolute Gasteiger partial charge is 0.157 e. The van der Waals surface area contributed by atoms with E-state index in [1.54, 1.807) is 6.07 Å². The third kappa shape index (κ3) is 0.967. The van der Waals surface area contributed by atoms with Crippen molar-refractivity contribution in [2.24, 2.45) is 0 Å². The van der Waals surface area contributed by atoms with Gasteiger partial charge in [-0.05, 0) is 23.3 Å². The topological polar surface area (TPSA) is 20.2 Å². The highest BCUT2D eigenvalue weighted by molar-refractivity contribution is 5.40. The van der Waals surface area contributed by atoms with Crippen LogP contribution in [0.4, 0.5) is 8.78 Å². The third-order valence-electron chi connectivity index (χ3n) is 2.16. The average molecular weight is 170 g/mol. The lowest BCUT2D eigenvalue weighted by molar-refractivity contribution is 0.187. The van der Waals surface area contributed by atoms with Crippen molar-refractivity contribution < 1.29 is 13.9 Å². The van der Waals surface area contributed by atoms with Crippen molar-refractivity contribution >= 4 is 0 Å². The van der Waals surface area contributed by atoms with Crippen LogP contribution < -0.4 is 0 Å². The molecule has 12 heavy (non-hydrogen) atoms. The number of hydrogen-bond acceptors (Lipinski definition) is 1. The predicted molar refractivity (Wildman–Crippen MR) is 40.6 cm³/mol. The van der Waals surface area contributed by atoms with E-state index in [4.69, 9.17) is 5.11 Å². The van der Waals surface area contributed by atoms with Crippen LogP contribution in [0.1, 0.15) is 17.3 Å². The SMILES string of the molecule is Oc1ccc2c(c1)C(F)C(F)C2. The molecule has 1 aromatic carbocycles. The molecule has 1 aromatic rings. The summed E-state index contributed by atoms with van der Waals surface area (Å²) in [5.74, 6) is -0.00880. The van der Waals surface area contributed by atoms with Gasteiger partial charge < -0.3 is 5.11 Å². The molecule has 2 atom stereocenters. The van der Waals surface area contributed by atoms with Gasteiger partial charge in [0.05, 0.1) is 0 Å². The Balaban J connectivity index is 2.48. The molecule has 0 heterocycles. The summed E-state index contributed by atoms with van der Waals surface area (Å²) in [6, 6.07) is 4.31. The fraction of sp³-hybridized carbons (Fsp3) is 0.333. The zero-order valence-electron chi connectivity index (χ0n) is 6.30. The van der Waals surface area contributed by atoms with E-state index in [9.17, 15) is 8.78 Å². The Hall–Kier alpha value is -1.12. The molecule has 0 radical (unpaired) electrons. The van der Waals surface area contributed by atoms with Gasteiger partial charge in [0.25, 0.3) is 0 Å². The lowest BCUT2D eigenvalue weighted by Crippen LogP contribution is -2.01. The number of phenolic OH excluding ortho intramolecular Hbond substituents is 1. The lowest BCUT2D eigenvalue weighted by Gasteiger charge is -2.02. The Morgan fingerprint density at radius 3 is 2.83 bits per heavy atom. The van der Waals surface area contributed by atoms with Crippen molar-refractivity contribution in [3.05, 3.63) is 29.3 Å². The molecule has 2 unspecified atom stereocenters. The molecule has 1 N–H and O–H groups in total. The molecule has 0 bridgehead atoms. The van der Waals surface area contributed by atoms with E-state index in [0.29, 0.717) is 11.1 Å². The van der Waals surface area contributed by atoms with Crippen molar-refractivity contribution in [3.8, 4) is 5.75 Å². The summed E-state index contributed by atoms with van der Waals surface area (Å²) in [5, 5.41) is 9.01. The van der Waals surface area contributed by atoms with Gasteiger partial charge in [-0.2, -0.15) is 0 Å². The summed E-state index contributed by atoms with van der Waals surface area (Å²) >= 11 is 0. The maximum atomic E-state index is 13.0. The molecule has 1 nitrogen and oxygen atoms in total. The van der Waals surface area contributed by atoms with Crippen LogP contribution in [0.2, 0.25) is 0 Å². The largest absolute Gasteiger partial charge is 0.508 e. The molecule has 0 spiro atoms. The van der Waals surface area contributed by atoms with Gasteiger partial charge in [0.1, 0.15) is 11.9 Å². The summed E-state index contributed by atoms with van der Waals surface area (Å²) in [6.07, 6.45) is -2.88. The number of fused-ring (bicyclic) bond motifs is 1. The summed E-state index contributed by atoms with van der Waals surface area (Å²) in [5.41, 5.74) is 0.954. The number of phenols is 1. The number of hydrogen-bond donors (Lipinski definition) is 1. The fourth-order valence-electron chi connectivity index (χ4n) is 1.53. The second-order valence-electron chi connectivity index (χ2n) is 3.00. The Labute approximate surface area is 68.6 Å². The highest BCUT2D eigenvalue weighted by Gasteiger charge is 2.32. The van der Waals surface area contributed by atoms with Crippen molar-refractivity contribution in [3.63, 3.8) is 0 Å². The number of aromatic hydroxyl groups is 1. The maximum absolute atomic E-state index is 13.0. The van der Waals surface area contributed by atoms with E-state index in [1.807, 2.05) is 0 Å². The van der Waals surface area contributed by atoms with Crippen LogP contribution in [0.15, 0.2) is 18.2 Å². The Morgan fingerprint density at radius 1 is 1.33 bits per heavy atom. The summed E-state index contributed by atoms with van der Waals surface area (Å²) in [4.78, 5) is 0. The molecule has 3 heteroatoms. The first kappa shape index (κ1) is 7.53. The van der Waals surface area contributed by atoms with E-state index in [2.05, 4.69) is 0 Å². The van der Waals surface area contributed by atoms with Gasteiger partial charge >= 0.3 is 0 Å². The first-order chi connectivity index (χ1) is 5.68. The van der Waals surface area contributed by atoms with Gasteiger partial charge in [-0.15, -0.1) is 0 Å². The number of benzene rings is 1. The molecule has 0 fully saturated rings. The molecule has 1 aliphatic rings. The first-order valence-electron chi connectivity index (χ1n) is 3.78. The molecule has 1 aliphatic carbocycles. The van der Waals surface area contributed by atoms with E-state index in [0.717, 1.165) is 0 Å². The lowest BCUT2D eigenvalue weighted by atomic mass is 10.1. The van der Waals surface area contributed by atoms with Crippen LogP contribution in [0, 0.1) is 0 Å². The second kappa shape index (κ2) is 2.44. The molecule has 0 saturated carbocycles. The second-order valence-corrected chi connectivity index (χ2v) is 3.00. The third-order valence-corrected chi connectivity index (χ3v) is 2.16. The molecule has 0 aromatic heterocycles. The molecule has 2 rings (SSSR count). The monoisotopic (exact) mass is 170 g/mol. The average Bonchev–Trinajstić information content (AvgIpc) is 2.31. The highest BCUT2D eigenvalue weighted by Crippen LogP contribution is 2.37. The Bertz CT molecular complexity index is 311. The van der Waals surface area contributed by atoms with Crippen molar-refractivity contribution in [2.75, 3.05) is 0 Å². The minimum Gasteiger partial charge on any atom is -0.508 e. The molecular weight excluding hydrogens is 162 g/mol. The minimum absolute atomic E-state index is 0.00880. The summed E-state index contributed by atoms with van der Waals surface area (Å²) in [7, 11) is 0. The Morgan fingerprint density at radius 2 is 2.08 bits per heavy atom. The van der Waals surface area contributed by atoms with Crippen molar-refractivity contribution in [2.45, 2.75) is 18.8 Å². The van der Waals surface area contributed by atoms with Gasteiger partial charge in [-0.1, -0.05) is 6.07 Å². The number of rotatable bonds is 0. The summed E-state index contributed by atoms with van der Waals surface area (Å²) in [6.45, 7) is 0. The molecule has 64 valence electrons. The van der Waals surface area contributed by atoms with Gasteiger partial charge in [0.15, 0.2) is 6.17 Å². The van der Waals surface area contributed by atoms with Gasteiger partial charge in [0, 0.05) is 6.42 Å². The fourth-order valence-corrected chi connectivity index (χ4v) is 1.53. The van der Waals surface area contributed by atoms with E-state index in [-0.39, 0.29) is 12.2 Å². The van der Waals surface area contributed by atoms with Gasteiger partial charge in [-0.25, -0.2) is 8.78 Å². The van der Waals surface area contributed by atoms with Crippen molar-refractivity contribution in [1.82, 2.24) is 0 Å². The van der Waals surface area contributed by atoms with Gasteiger partial charge in [0.2, 0.25) is 0 Å².